The molecule has 3 atom stereocenters. The normalized spacial score (nSPS) is 22.9. The number of aliphatic imine (C=N–C) groups is 1. The predicted octanol–water partition coefficient (Wildman–Crippen LogP) is 6.07. The van der Waals surface area contributed by atoms with Crippen LogP contribution in [0.4, 0.5) is 26.3 Å². The maximum absolute atomic E-state index is 13.9. The van der Waals surface area contributed by atoms with E-state index < -0.39 is 72.7 Å². The maximum Gasteiger partial charge on any atom is 0.422 e. The Morgan fingerprint density at radius 1 is 0.886 bits per heavy atom. The average molecular weight is 620 g/mol. The number of benzene rings is 3. The third-order valence-corrected chi connectivity index (χ3v) is 7.72. The van der Waals surface area contributed by atoms with Crippen molar-refractivity contribution in [3.05, 3.63) is 96.6 Å². The minimum atomic E-state index is -5.05. The second-order valence-electron chi connectivity index (χ2n) is 10.4. The standard InChI is InChI=1S/C31H23F6NO6/c1-2-22-15-28(25(39)42-16-29(32,33)34,26(40)43-17-30(35,36)37)23(21-13-12-18-8-6-7-11-20(18)14-21)31(22)27(41)44-24(38-31)19-9-4-3-5-10-19/h2-14,22-23H,1,15-17H2/t22-,23-,31+/m1/s1. The quantitative estimate of drug-likeness (QED) is 0.105. The topological polar surface area (TPSA) is 91.3 Å². The predicted molar refractivity (Wildman–Crippen MR) is 143 cm³/mol. The molecule has 3 aromatic rings. The van der Waals surface area contributed by atoms with Crippen molar-refractivity contribution in [3.8, 4) is 0 Å². The van der Waals surface area contributed by atoms with E-state index in [0.717, 1.165) is 6.08 Å². The zero-order chi connectivity index (χ0) is 31.9. The molecule has 3 aromatic carbocycles. The minimum absolute atomic E-state index is 0.0241. The zero-order valence-corrected chi connectivity index (χ0v) is 22.7. The zero-order valence-electron chi connectivity index (χ0n) is 22.7. The van der Waals surface area contributed by atoms with Gasteiger partial charge in [-0.3, -0.25) is 9.59 Å². The molecule has 0 amide bonds. The maximum atomic E-state index is 13.9. The van der Waals surface area contributed by atoms with E-state index in [-0.39, 0.29) is 11.5 Å². The molecule has 13 heteroatoms. The Balaban J connectivity index is 1.79. The monoisotopic (exact) mass is 619 g/mol. The number of fused-ring (bicyclic) bond motifs is 1. The van der Waals surface area contributed by atoms with Gasteiger partial charge in [0.1, 0.15) is 0 Å². The molecule has 0 N–H and O–H groups in total. The van der Waals surface area contributed by atoms with Crippen LogP contribution in [0.5, 0.6) is 0 Å². The fourth-order valence-electron chi connectivity index (χ4n) is 5.96. The van der Waals surface area contributed by atoms with E-state index in [9.17, 15) is 40.7 Å². The van der Waals surface area contributed by atoms with E-state index in [1.807, 2.05) is 0 Å². The van der Waals surface area contributed by atoms with Gasteiger partial charge in [-0.05, 0) is 34.9 Å². The number of carbonyl (C=O) groups excluding carboxylic acids is 3. The van der Waals surface area contributed by atoms with Crippen molar-refractivity contribution in [2.75, 3.05) is 13.2 Å². The number of hydrogen-bond acceptors (Lipinski definition) is 7. The summed E-state index contributed by atoms with van der Waals surface area (Å²) in [5, 5.41) is 1.21. The van der Waals surface area contributed by atoms with Crippen LogP contribution in [0.1, 0.15) is 23.5 Å². The van der Waals surface area contributed by atoms with E-state index in [1.54, 1.807) is 60.7 Å². The molecule has 1 saturated carbocycles. The average Bonchev–Trinajstić information content (AvgIpc) is 3.49. The lowest BCUT2D eigenvalue weighted by Gasteiger charge is -2.36. The minimum Gasteiger partial charge on any atom is -0.455 e. The summed E-state index contributed by atoms with van der Waals surface area (Å²) in [4.78, 5) is 46.0. The summed E-state index contributed by atoms with van der Waals surface area (Å²) in [7, 11) is 0. The Kier molecular flexibility index (Phi) is 7.77. The fourth-order valence-corrected chi connectivity index (χ4v) is 5.96. The van der Waals surface area contributed by atoms with Crippen LogP contribution in [-0.2, 0) is 28.6 Å². The molecule has 1 aliphatic carbocycles. The van der Waals surface area contributed by atoms with Crippen LogP contribution in [0, 0.1) is 11.3 Å². The van der Waals surface area contributed by atoms with Gasteiger partial charge in [-0.2, -0.15) is 26.3 Å². The highest BCUT2D eigenvalue weighted by molar-refractivity contribution is 6.11. The molecule has 0 bridgehead atoms. The summed E-state index contributed by atoms with van der Waals surface area (Å²) in [6.07, 6.45) is -9.76. The molecule has 0 saturated heterocycles. The number of nitrogens with zero attached hydrogens (tertiary/aromatic N) is 1. The molecule has 230 valence electrons. The summed E-state index contributed by atoms with van der Waals surface area (Å²) in [6.45, 7) is -0.622. The number of halogens is 6. The second-order valence-corrected chi connectivity index (χ2v) is 10.4. The first-order valence-electron chi connectivity index (χ1n) is 13.2. The lowest BCUT2D eigenvalue weighted by atomic mass is 9.68. The van der Waals surface area contributed by atoms with Crippen LogP contribution in [0.2, 0.25) is 0 Å². The molecule has 0 aromatic heterocycles. The Morgan fingerprint density at radius 2 is 1.45 bits per heavy atom. The van der Waals surface area contributed by atoms with Gasteiger partial charge < -0.3 is 14.2 Å². The highest BCUT2D eigenvalue weighted by Crippen LogP contribution is 2.63. The smallest absolute Gasteiger partial charge is 0.422 e. The van der Waals surface area contributed by atoms with Crippen LogP contribution in [0.25, 0.3) is 10.8 Å². The number of alkyl halides is 6. The number of cyclic esters (lactones) is 1. The Hall–Kier alpha value is -4.68. The van der Waals surface area contributed by atoms with Gasteiger partial charge in [-0.1, -0.05) is 66.7 Å². The third kappa shape index (κ3) is 5.42. The molecule has 1 fully saturated rings. The Labute approximate surface area is 246 Å². The molecule has 1 aliphatic heterocycles. The van der Waals surface area contributed by atoms with Gasteiger partial charge in [-0.25, -0.2) is 9.79 Å². The Bertz CT molecular complexity index is 1620. The van der Waals surface area contributed by atoms with Gasteiger partial charge >= 0.3 is 30.3 Å². The van der Waals surface area contributed by atoms with Gasteiger partial charge in [0.25, 0.3) is 0 Å². The van der Waals surface area contributed by atoms with Crippen molar-refractivity contribution in [1.29, 1.82) is 0 Å². The van der Waals surface area contributed by atoms with Crippen LogP contribution >= 0.6 is 0 Å². The van der Waals surface area contributed by atoms with E-state index in [0.29, 0.717) is 16.3 Å². The molecular weight excluding hydrogens is 596 g/mol. The summed E-state index contributed by atoms with van der Waals surface area (Å²) in [6, 6.07) is 19.2. The number of carbonyl (C=O) groups is 3. The second kappa shape index (κ2) is 11.1. The molecule has 1 heterocycles. The summed E-state index contributed by atoms with van der Waals surface area (Å²) in [5.74, 6) is -8.12. The highest BCUT2D eigenvalue weighted by Gasteiger charge is 2.75. The molecular formula is C31H23F6NO6. The lowest BCUT2D eigenvalue weighted by Crippen LogP contribution is -2.51. The SMILES string of the molecule is C=C[C@@H]1CC(C(=O)OCC(F)(F)F)(C(=O)OCC(F)(F)F)[C@@H](c2ccc3ccccc3c2)[C@@]12N=C(c1ccccc1)OC2=O. The van der Waals surface area contributed by atoms with Gasteiger partial charge in [0.05, 0.1) is 0 Å². The van der Waals surface area contributed by atoms with Gasteiger partial charge in [-0.15, -0.1) is 6.58 Å². The number of ether oxygens (including phenoxy) is 3. The summed E-state index contributed by atoms with van der Waals surface area (Å²) < 4.78 is 93.9. The molecule has 0 radical (unpaired) electrons. The van der Waals surface area contributed by atoms with Crippen molar-refractivity contribution >= 4 is 34.6 Å². The van der Waals surface area contributed by atoms with E-state index in [4.69, 9.17) is 4.74 Å². The van der Waals surface area contributed by atoms with Crippen molar-refractivity contribution in [1.82, 2.24) is 0 Å². The molecule has 7 nitrogen and oxygen atoms in total. The third-order valence-electron chi connectivity index (χ3n) is 7.72. The molecule has 5 rings (SSSR count). The van der Waals surface area contributed by atoms with Crippen molar-refractivity contribution in [2.24, 2.45) is 16.3 Å². The van der Waals surface area contributed by atoms with Crippen LogP contribution in [0.15, 0.2) is 90.4 Å². The first-order chi connectivity index (χ1) is 20.7. The number of esters is 3. The van der Waals surface area contributed by atoms with Gasteiger partial charge in [0, 0.05) is 17.4 Å². The van der Waals surface area contributed by atoms with E-state index >= 15 is 0 Å². The van der Waals surface area contributed by atoms with Crippen LogP contribution < -0.4 is 0 Å². The molecule has 2 aliphatic rings. The first kappa shape index (κ1) is 30.8. The largest absolute Gasteiger partial charge is 0.455 e. The lowest BCUT2D eigenvalue weighted by molar-refractivity contribution is -0.207. The van der Waals surface area contributed by atoms with Gasteiger partial charge in [0.2, 0.25) is 5.90 Å². The molecule has 0 unspecified atom stereocenters. The van der Waals surface area contributed by atoms with Crippen molar-refractivity contribution in [3.63, 3.8) is 0 Å². The first-order valence-corrected chi connectivity index (χ1v) is 13.2. The summed E-state index contributed by atoms with van der Waals surface area (Å²) in [5.41, 5.74) is -4.80. The number of rotatable bonds is 7. The Morgan fingerprint density at radius 3 is 2.02 bits per heavy atom. The van der Waals surface area contributed by atoms with Gasteiger partial charge in [0.15, 0.2) is 24.2 Å². The summed E-state index contributed by atoms with van der Waals surface area (Å²) >= 11 is 0. The molecule has 44 heavy (non-hydrogen) atoms. The van der Waals surface area contributed by atoms with E-state index in [1.165, 1.54) is 12.1 Å². The highest BCUT2D eigenvalue weighted by atomic mass is 19.4. The van der Waals surface area contributed by atoms with Crippen LogP contribution in [0.3, 0.4) is 0 Å². The molecule has 1 spiro atoms. The fraction of sp³-hybridized carbons (Fsp3) is 0.290. The number of hydrogen-bond donors (Lipinski definition) is 0. The van der Waals surface area contributed by atoms with E-state index in [2.05, 4.69) is 21.0 Å². The van der Waals surface area contributed by atoms with Crippen molar-refractivity contribution in [2.45, 2.75) is 30.2 Å². The van der Waals surface area contributed by atoms with Crippen molar-refractivity contribution < 1.29 is 54.9 Å². The van der Waals surface area contributed by atoms with Crippen LogP contribution in [-0.4, -0.2) is 54.9 Å².